The number of esters is 1. The van der Waals surface area contributed by atoms with E-state index in [9.17, 15) is 4.79 Å². The third kappa shape index (κ3) is 4.97. The normalized spacial score (nSPS) is 22.6. The van der Waals surface area contributed by atoms with Crippen molar-refractivity contribution in [2.75, 3.05) is 26.9 Å². The smallest absolute Gasteiger partial charge is 0.366 e. The molecule has 0 atom stereocenters. The van der Waals surface area contributed by atoms with Gasteiger partial charge >= 0.3 is 5.97 Å². The molecule has 1 aliphatic rings. The zero-order chi connectivity index (χ0) is 20.9. The SMILES string of the molecule is COC(=O)C1(C)OCC(CCCCO/N=C(/C)c2cn(C)c3ccccc23)CO1. The maximum atomic E-state index is 11.7. The van der Waals surface area contributed by atoms with E-state index in [0.717, 1.165) is 30.5 Å². The van der Waals surface area contributed by atoms with Crippen LogP contribution in [0.5, 0.6) is 0 Å². The van der Waals surface area contributed by atoms with E-state index >= 15 is 0 Å². The lowest BCUT2D eigenvalue weighted by molar-refractivity contribution is -0.272. The van der Waals surface area contributed by atoms with E-state index < -0.39 is 11.8 Å². The molecule has 7 nitrogen and oxygen atoms in total. The van der Waals surface area contributed by atoms with Gasteiger partial charge in [-0.25, -0.2) is 4.79 Å². The Kier molecular flexibility index (Phi) is 6.92. The number of benzene rings is 1. The van der Waals surface area contributed by atoms with E-state index in [1.165, 1.54) is 18.0 Å². The lowest BCUT2D eigenvalue weighted by Gasteiger charge is -2.35. The fourth-order valence-corrected chi connectivity index (χ4v) is 3.53. The Morgan fingerprint density at radius 1 is 1.28 bits per heavy atom. The molecular weight excluding hydrogens is 372 g/mol. The van der Waals surface area contributed by atoms with E-state index in [0.29, 0.717) is 19.8 Å². The maximum absolute atomic E-state index is 11.7. The molecule has 0 N–H and O–H groups in total. The van der Waals surface area contributed by atoms with Crippen LogP contribution in [0, 0.1) is 5.92 Å². The fraction of sp³-hybridized carbons (Fsp3) is 0.545. The summed E-state index contributed by atoms with van der Waals surface area (Å²) in [7, 11) is 3.36. The van der Waals surface area contributed by atoms with E-state index in [4.69, 9.17) is 19.0 Å². The zero-order valence-electron chi connectivity index (χ0n) is 17.6. The minimum atomic E-state index is -1.28. The highest BCUT2D eigenvalue weighted by atomic mass is 16.7. The predicted molar refractivity (Wildman–Crippen MR) is 111 cm³/mol. The average Bonchev–Trinajstić information content (AvgIpc) is 3.08. The van der Waals surface area contributed by atoms with Gasteiger partial charge in [-0.3, -0.25) is 0 Å². The Labute approximate surface area is 171 Å². The number of nitrogens with zero attached hydrogens (tertiary/aromatic N) is 2. The molecule has 2 aromatic rings. The number of oxime groups is 1. The van der Waals surface area contributed by atoms with E-state index in [-0.39, 0.29) is 5.92 Å². The van der Waals surface area contributed by atoms with Gasteiger partial charge in [0.2, 0.25) is 0 Å². The summed E-state index contributed by atoms with van der Waals surface area (Å²) >= 11 is 0. The summed E-state index contributed by atoms with van der Waals surface area (Å²) in [6.07, 6.45) is 4.91. The molecule has 0 bridgehead atoms. The lowest BCUT2D eigenvalue weighted by Crippen LogP contribution is -2.48. The summed E-state index contributed by atoms with van der Waals surface area (Å²) in [4.78, 5) is 17.2. The van der Waals surface area contributed by atoms with Gasteiger partial charge in [0.05, 0.1) is 26.0 Å². The number of ether oxygens (including phenoxy) is 3. The monoisotopic (exact) mass is 402 g/mol. The number of unbranched alkanes of at least 4 members (excludes halogenated alkanes) is 1. The van der Waals surface area contributed by atoms with Gasteiger partial charge in [0.1, 0.15) is 6.61 Å². The third-order valence-electron chi connectivity index (χ3n) is 5.33. The van der Waals surface area contributed by atoms with Crippen molar-refractivity contribution >= 4 is 22.6 Å². The van der Waals surface area contributed by atoms with Gasteiger partial charge < -0.3 is 23.6 Å². The highest BCUT2D eigenvalue weighted by molar-refractivity contribution is 6.09. The van der Waals surface area contributed by atoms with Crippen LogP contribution in [0.1, 0.15) is 38.7 Å². The van der Waals surface area contributed by atoms with Gasteiger partial charge in [-0.15, -0.1) is 0 Å². The molecule has 29 heavy (non-hydrogen) atoms. The average molecular weight is 402 g/mol. The van der Waals surface area contributed by atoms with Gasteiger partial charge in [-0.05, 0) is 32.3 Å². The molecule has 1 aliphatic heterocycles. The summed E-state index contributed by atoms with van der Waals surface area (Å²) < 4.78 is 18.0. The number of para-hydroxylation sites is 1. The van der Waals surface area contributed by atoms with Crippen LogP contribution in [-0.4, -0.2) is 49.0 Å². The van der Waals surface area contributed by atoms with Crippen molar-refractivity contribution in [2.45, 2.75) is 38.9 Å². The molecule has 2 heterocycles. The van der Waals surface area contributed by atoms with Crippen molar-refractivity contribution in [1.29, 1.82) is 0 Å². The molecule has 1 aromatic heterocycles. The van der Waals surface area contributed by atoms with Crippen molar-refractivity contribution < 1.29 is 23.8 Å². The first-order valence-corrected chi connectivity index (χ1v) is 10.0. The van der Waals surface area contributed by atoms with Crippen molar-refractivity contribution in [3.63, 3.8) is 0 Å². The van der Waals surface area contributed by atoms with Crippen LogP contribution in [0.15, 0.2) is 35.6 Å². The third-order valence-corrected chi connectivity index (χ3v) is 5.33. The number of hydrogen-bond donors (Lipinski definition) is 0. The number of methoxy groups -OCH3 is 1. The zero-order valence-corrected chi connectivity index (χ0v) is 17.6. The van der Waals surface area contributed by atoms with Crippen molar-refractivity contribution in [3.05, 3.63) is 36.0 Å². The number of aryl methyl sites for hydroxylation is 1. The second kappa shape index (κ2) is 9.41. The quantitative estimate of drug-likeness (QED) is 0.292. The van der Waals surface area contributed by atoms with Crippen molar-refractivity contribution in [1.82, 2.24) is 4.57 Å². The van der Waals surface area contributed by atoms with E-state index in [1.807, 2.05) is 26.1 Å². The Hall–Kier alpha value is -2.38. The first-order chi connectivity index (χ1) is 13.9. The molecule has 3 rings (SSSR count). The number of hydrogen-bond acceptors (Lipinski definition) is 6. The largest absolute Gasteiger partial charge is 0.465 e. The van der Waals surface area contributed by atoms with Crippen LogP contribution >= 0.6 is 0 Å². The van der Waals surface area contributed by atoms with Crippen molar-refractivity contribution in [2.24, 2.45) is 18.1 Å². The van der Waals surface area contributed by atoms with Crippen LogP contribution in [-0.2, 0) is 30.9 Å². The van der Waals surface area contributed by atoms with Crippen LogP contribution in [0.2, 0.25) is 0 Å². The molecule has 0 spiro atoms. The standard InChI is InChI=1S/C22H30N2O5/c1-16(19-13-24(3)20-11-6-5-10-18(19)20)23-29-12-8-7-9-17-14-27-22(2,28-15-17)21(25)26-4/h5-6,10-11,13,17H,7-9,12,14-15H2,1-4H3/b23-16-. The summed E-state index contributed by atoms with van der Waals surface area (Å²) in [5, 5.41) is 5.47. The Morgan fingerprint density at radius 3 is 2.72 bits per heavy atom. The van der Waals surface area contributed by atoms with Gasteiger partial charge in [0, 0.05) is 42.6 Å². The molecule has 1 fully saturated rings. The number of carbonyl (C=O) groups excluding carboxylic acids is 1. The second-order valence-electron chi connectivity index (χ2n) is 7.60. The van der Waals surface area contributed by atoms with Crippen LogP contribution in [0.25, 0.3) is 10.9 Å². The summed E-state index contributed by atoms with van der Waals surface area (Å²) in [5.74, 6) is -1.50. The summed E-state index contributed by atoms with van der Waals surface area (Å²) in [6.45, 7) is 5.11. The summed E-state index contributed by atoms with van der Waals surface area (Å²) in [6, 6.07) is 8.27. The second-order valence-corrected chi connectivity index (χ2v) is 7.60. The molecule has 7 heteroatoms. The number of fused-ring (bicyclic) bond motifs is 1. The molecule has 1 saturated heterocycles. The van der Waals surface area contributed by atoms with Gasteiger partial charge in [0.25, 0.3) is 5.79 Å². The Morgan fingerprint density at radius 2 is 2.00 bits per heavy atom. The fourth-order valence-electron chi connectivity index (χ4n) is 3.53. The maximum Gasteiger partial charge on any atom is 0.366 e. The minimum Gasteiger partial charge on any atom is -0.465 e. The Bertz CT molecular complexity index is 865. The molecule has 0 unspecified atom stereocenters. The van der Waals surface area contributed by atoms with Crippen molar-refractivity contribution in [3.8, 4) is 0 Å². The predicted octanol–water partition coefficient (Wildman–Crippen LogP) is 3.64. The van der Waals surface area contributed by atoms with Crippen LogP contribution < -0.4 is 0 Å². The van der Waals surface area contributed by atoms with Crippen LogP contribution in [0.4, 0.5) is 0 Å². The lowest BCUT2D eigenvalue weighted by atomic mass is 10.0. The Balaban J connectivity index is 1.38. The molecule has 0 aliphatic carbocycles. The molecular formula is C22H30N2O5. The first-order valence-electron chi connectivity index (χ1n) is 10.0. The molecule has 1 aromatic carbocycles. The number of rotatable bonds is 8. The summed E-state index contributed by atoms with van der Waals surface area (Å²) in [5.41, 5.74) is 3.14. The molecule has 158 valence electrons. The molecule has 0 radical (unpaired) electrons. The number of carbonyl (C=O) groups is 1. The highest BCUT2D eigenvalue weighted by Crippen LogP contribution is 2.25. The molecule has 0 amide bonds. The topological polar surface area (TPSA) is 71.3 Å². The van der Waals surface area contributed by atoms with E-state index in [2.05, 4.69) is 28.1 Å². The van der Waals surface area contributed by atoms with Gasteiger partial charge in [-0.1, -0.05) is 23.4 Å². The van der Waals surface area contributed by atoms with Crippen LogP contribution in [0.3, 0.4) is 0 Å². The van der Waals surface area contributed by atoms with Gasteiger partial charge in [-0.2, -0.15) is 0 Å². The van der Waals surface area contributed by atoms with E-state index in [1.54, 1.807) is 6.92 Å². The van der Waals surface area contributed by atoms with Gasteiger partial charge in [0.15, 0.2) is 0 Å². The highest BCUT2D eigenvalue weighted by Gasteiger charge is 2.41. The first kappa shape index (κ1) is 21.3. The molecule has 0 saturated carbocycles. The number of aromatic nitrogens is 1. The minimum absolute atomic E-state index is 0.272.